The molecule has 0 aromatic heterocycles. The summed E-state index contributed by atoms with van der Waals surface area (Å²) in [5.41, 5.74) is -0.181. The first-order valence-electron chi connectivity index (χ1n) is 11.2. The van der Waals surface area contributed by atoms with E-state index in [1.807, 2.05) is 15.9 Å². The van der Waals surface area contributed by atoms with Crippen LogP contribution in [0.15, 0.2) is 18.2 Å². The van der Waals surface area contributed by atoms with Gasteiger partial charge in [0.1, 0.15) is 5.82 Å². The number of likely N-dealkylation sites (tertiary alicyclic amines) is 1. The van der Waals surface area contributed by atoms with E-state index in [9.17, 15) is 14.0 Å². The van der Waals surface area contributed by atoms with Gasteiger partial charge >= 0.3 is 0 Å². The molecule has 3 atom stereocenters. The highest BCUT2D eigenvalue weighted by Gasteiger charge is 2.61. The molecule has 0 aliphatic carbocycles. The summed E-state index contributed by atoms with van der Waals surface area (Å²) < 4.78 is 14.0. The molecule has 5 nitrogen and oxygen atoms in total. The van der Waals surface area contributed by atoms with E-state index in [-0.39, 0.29) is 35.0 Å². The number of halogens is 1. The second-order valence-electron chi connectivity index (χ2n) is 9.59. The molecule has 0 unspecified atom stereocenters. The predicted octanol–water partition coefficient (Wildman–Crippen LogP) is 4.12. The normalized spacial score (nSPS) is 27.7. The first-order chi connectivity index (χ1) is 14.4. The minimum absolute atomic E-state index is 0.00928. The van der Waals surface area contributed by atoms with Crippen molar-refractivity contribution in [2.45, 2.75) is 70.9 Å². The van der Waals surface area contributed by atoms with Gasteiger partial charge in [-0.1, -0.05) is 13.8 Å². The monoisotopic (exact) mass is 411 g/mol. The minimum atomic E-state index is -0.580. The molecule has 0 saturated carbocycles. The van der Waals surface area contributed by atoms with E-state index in [1.54, 1.807) is 0 Å². The second kappa shape index (κ2) is 8.02. The van der Waals surface area contributed by atoms with Crippen molar-refractivity contribution in [3.8, 4) is 6.07 Å². The lowest BCUT2D eigenvalue weighted by atomic mass is 9.69. The second-order valence-corrected chi connectivity index (χ2v) is 9.59. The lowest BCUT2D eigenvalue weighted by Gasteiger charge is -2.39. The molecule has 6 heteroatoms. The number of fused-ring (bicyclic) bond motifs is 2. The van der Waals surface area contributed by atoms with Gasteiger partial charge in [0.2, 0.25) is 5.91 Å². The molecule has 3 fully saturated rings. The van der Waals surface area contributed by atoms with Gasteiger partial charge in [-0.3, -0.25) is 9.59 Å². The Hall–Kier alpha value is -2.42. The fourth-order valence-electron chi connectivity index (χ4n) is 5.80. The minimum Gasteiger partial charge on any atom is -0.342 e. The first-order valence-corrected chi connectivity index (χ1v) is 11.2. The molecular weight excluding hydrogens is 381 g/mol. The first kappa shape index (κ1) is 20.8. The standard InChI is InChI=1S/C24H30FN3O2/c1-16(2)7-8-24(23(30)27-9-3-4-10-27)14-20-5-6-21(24)28(20)22(29)18-11-17(15-26)12-19(25)13-18/h11-13,16,20-21H,3-10,14H2,1-2H3/t20-,21+,24+/m1/s1. The molecule has 0 radical (unpaired) electrons. The Morgan fingerprint density at radius 2 is 1.97 bits per heavy atom. The van der Waals surface area contributed by atoms with Crippen LogP contribution in [0.3, 0.4) is 0 Å². The van der Waals surface area contributed by atoms with Crippen LogP contribution in [0.2, 0.25) is 0 Å². The van der Waals surface area contributed by atoms with E-state index in [0.29, 0.717) is 12.3 Å². The molecule has 3 saturated heterocycles. The van der Waals surface area contributed by atoms with Gasteiger partial charge in [-0.25, -0.2) is 4.39 Å². The van der Waals surface area contributed by atoms with Crippen molar-refractivity contribution in [1.29, 1.82) is 5.26 Å². The van der Waals surface area contributed by atoms with Gasteiger partial charge < -0.3 is 9.80 Å². The van der Waals surface area contributed by atoms with Crippen molar-refractivity contribution in [3.63, 3.8) is 0 Å². The van der Waals surface area contributed by atoms with Crippen molar-refractivity contribution in [3.05, 3.63) is 35.1 Å². The number of carbonyl (C=O) groups is 2. The highest BCUT2D eigenvalue weighted by atomic mass is 19.1. The summed E-state index contributed by atoms with van der Waals surface area (Å²) in [4.78, 5) is 31.0. The zero-order valence-corrected chi connectivity index (χ0v) is 17.9. The largest absolute Gasteiger partial charge is 0.342 e. The average Bonchev–Trinajstić information content (AvgIpc) is 3.46. The van der Waals surface area contributed by atoms with Gasteiger partial charge in [0.25, 0.3) is 5.91 Å². The third-order valence-corrected chi connectivity index (χ3v) is 7.24. The van der Waals surface area contributed by atoms with Crippen molar-refractivity contribution in [2.75, 3.05) is 13.1 Å². The Morgan fingerprint density at radius 3 is 2.63 bits per heavy atom. The Labute approximate surface area is 177 Å². The molecule has 1 aromatic rings. The van der Waals surface area contributed by atoms with E-state index in [4.69, 9.17) is 5.26 Å². The number of nitrogens with zero attached hydrogens (tertiary/aromatic N) is 3. The summed E-state index contributed by atoms with van der Waals surface area (Å²) in [5.74, 6) is -0.136. The van der Waals surface area contributed by atoms with Gasteiger partial charge in [0.05, 0.1) is 17.0 Å². The maximum absolute atomic E-state index is 14.0. The zero-order chi connectivity index (χ0) is 21.5. The SMILES string of the molecule is CC(C)CC[C@]1(C(=O)N2CCCC2)C[C@H]2CC[C@@H]1N2C(=O)c1cc(F)cc(C#N)c1. The smallest absolute Gasteiger partial charge is 0.254 e. The van der Waals surface area contributed by atoms with Crippen LogP contribution >= 0.6 is 0 Å². The molecule has 0 spiro atoms. The Morgan fingerprint density at radius 1 is 1.23 bits per heavy atom. The predicted molar refractivity (Wildman–Crippen MR) is 111 cm³/mol. The van der Waals surface area contributed by atoms with E-state index < -0.39 is 11.2 Å². The van der Waals surface area contributed by atoms with Crippen LogP contribution in [-0.4, -0.2) is 46.8 Å². The molecule has 3 aliphatic rings. The summed E-state index contributed by atoms with van der Waals surface area (Å²) >= 11 is 0. The summed E-state index contributed by atoms with van der Waals surface area (Å²) in [6.45, 7) is 5.95. The fourth-order valence-corrected chi connectivity index (χ4v) is 5.80. The van der Waals surface area contributed by atoms with Gasteiger partial charge in [-0.15, -0.1) is 0 Å². The maximum Gasteiger partial charge on any atom is 0.254 e. The van der Waals surface area contributed by atoms with Crippen molar-refractivity contribution >= 4 is 11.8 Å². The third kappa shape index (κ3) is 3.49. The van der Waals surface area contributed by atoms with Crippen LogP contribution in [0.5, 0.6) is 0 Å². The summed E-state index contributed by atoms with van der Waals surface area (Å²) in [6, 6.07) is 5.60. The Balaban J connectivity index is 1.66. The van der Waals surface area contributed by atoms with Crippen LogP contribution in [0, 0.1) is 28.5 Å². The number of hydrogen-bond acceptors (Lipinski definition) is 3. The molecule has 3 aliphatic heterocycles. The maximum atomic E-state index is 14.0. The highest BCUT2D eigenvalue weighted by molar-refractivity contribution is 5.97. The molecule has 2 bridgehead atoms. The Bertz CT molecular complexity index is 887. The summed E-state index contributed by atoms with van der Waals surface area (Å²) in [5, 5.41) is 9.16. The van der Waals surface area contributed by atoms with Gasteiger partial charge in [0.15, 0.2) is 0 Å². The quantitative estimate of drug-likeness (QED) is 0.732. The summed E-state index contributed by atoms with van der Waals surface area (Å²) in [6.07, 6.45) is 6.22. The summed E-state index contributed by atoms with van der Waals surface area (Å²) in [7, 11) is 0. The number of nitriles is 1. The molecule has 3 heterocycles. The zero-order valence-electron chi connectivity index (χ0n) is 17.9. The van der Waals surface area contributed by atoms with Gasteiger partial charge in [-0.05, 0) is 69.1 Å². The van der Waals surface area contributed by atoms with E-state index >= 15 is 0 Å². The molecule has 0 N–H and O–H groups in total. The molecule has 4 rings (SSSR count). The van der Waals surface area contributed by atoms with Crippen LogP contribution in [0.25, 0.3) is 0 Å². The number of hydrogen-bond donors (Lipinski definition) is 0. The number of rotatable bonds is 5. The number of benzene rings is 1. The molecule has 1 aromatic carbocycles. The van der Waals surface area contributed by atoms with Crippen molar-refractivity contribution in [2.24, 2.45) is 11.3 Å². The lowest BCUT2D eigenvalue weighted by Crippen LogP contribution is -2.51. The molecule has 160 valence electrons. The molecule has 2 amide bonds. The molecular formula is C24H30FN3O2. The molecule has 30 heavy (non-hydrogen) atoms. The van der Waals surface area contributed by atoms with Crippen molar-refractivity contribution in [1.82, 2.24) is 9.80 Å². The number of amides is 2. The highest BCUT2D eigenvalue weighted by Crippen LogP contribution is 2.54. The van der Waals surface area contributed by atoms with E-state index in [2.05, 4.69) is 13.8 Å². The van der Waals surface area contributed by atoms with Crippen LogP contribution in [0.1, 0.15) is 74.7 Å². The topological polar surface area (TPSA) is 64.4 Å². The number of carbonyl (C=O) groups excluding carboxylic acids is 2. The van der Waals surface area contributed by atoms with Crippen LogP contribution in [0.4, 0.5) is 4.39 Å². The van der Waals surface area contributed by atoms with Crippen LogP contribution in [-0.2, 0) is 4.79 Å². The third-order valence-electron chi connectivity index (χ3n) is 7.24. The van der Waals surface area contributed by atoms with Gasteiger partial charge in [0, 0.05) is 30.7 Å². The van der Waals surface area contributed by atoms with Crippen LogP contribution < -0.4 is 0 Å². The van der Waals surface area contributed by atoms with Gasteiger partial charge in [-0.2, -0.15) is 5.26 Å². The van der Waals surface area contributed by atoms with E-state index in [1.165, 1.54) is 12.1 Å². The Kier molecular flexibility index (Phi) is 5.57. The van der Waals surface area contributed by atoms with Crippen molar-refractivity contribution < 1.29 is 14.0 Å². The van der Waals surface area contributed by atoms with E-state index in [0.717, 1.165) is 57.7 Å². The fraction of sp³-hybridized carbons (Fsp3) is 0.625. The lowest BCUT2D eigenvalue weighted by molar-refractivity contribution is -0.143. The average molecular weight is 412 g/mol.